The van der Waals surface area contributed by atoms with E-state index in [9.17, 15) is 9.59 Å². The third-order valence-electron chi connectivity index (χ3n) is 0.979. The predicted octanol–water partition coefficient (Wildman–Crippen LogP) is 2.93. The minimum absolute atomic E-state index is 0.0385. The number of hydrogen-bond acceptors (Lipinski definition) is 3. The molecule has 0 aromatic heterocycles. The number of carbonyl (C=O) groups excluding carboxylic acids is 2. The molecule has 0 saturated carbocycles. The Balaban J connectivity index is -0.000000102. The predicted molar refractivity (Wildman–Crippen MR) is 73.9 cm³/mol. The average molecular weight is 247 g/mol. The lowest BCUT2D eigenvalue weighted by atomic mass is 10.4. The Morgan fingerprint density at radius 1 is 1.24 bits per heavy atom. The van der Waals surface area contributed by atoms with Crippen LogP contribution in [0.3, 0.4) is 0 Å². The molecule has 0 heterocycles. The van der Waals surface area contributed by atoms with Crippen LogP contribution in [0.1, 0.15) is 48.0 Å². The van der Waals surface area contributed by atoms with Crippen LogP contribution in [0.4, 0.5) is 0 Å². The molecule has 17 heavy (non-hydrogen) atoms. The third-order valence-corrected chi connectivity index (χ3v) is 0.979. The molecule has 1 amide bonds. The van der Waals surface area contributed by atoms with Gasteiger partial charge >= 0.3 is 5.97 Å². The van der Waals surface area contributed by atoms with Crippen molar-refractivity contribution in [2.24, 2.45) is 0 Å². The van der Waals surface area contributed by atoms with Gasteiger partial charge in [0, 0.05) is 6.42 Å². The molecule has 0 aliphatic heterocycles. The molecule has 0 spiro atoms. The number of esters is 1. The number of allylic oxidation sites excluding steroid dienone is 1. The van der Waals surface area contributed by atoms with E-state index in [0.717, 1.165) is 0 Å². The zero-order valence-corrected chi connectivity index (χ0v) is 12.4. The second kappa shape index (κ2) is 29.3. The van der Waals surface area contributed by atoms with Gasteiger partial charge in [-0.3, -0.25) is 9.59 Å². The van der Waals surface area contributed by atoms with Crippen molar-refractivity contribution in [3.8, 4) is 0 Å². The van der Waals surface area contributed by atoms with Crippen molar-refractivity contribution >= 4 is 11.9 Å². The van der Waals surface area contributed by atoms with E-state index in [-0.39, 0.29) is 12.5 Å². The van der Waals surface area contributed by atoms with E-state index in [1.54, 1.807) is 13.0 Å². The maximum absolute atomic E-state index is 10.5. The van der Waals surface area contributed by atoms with Crippen molar-refractivity contribution in [2.75, 3.05) is 13.7 Å². The van der Waals surface area contributed by atoms with E-state index < -0.39 is 5.97 Å². The fourth-order valence-electron chi connectivity index (χ4n) is 0.368. The topological polar surface area (TPSA) is 55.4 Å². The van der Waals surface area contributed by atoms with E-state index in [4.69, 9.17) is 0 Å². The Labute approximate surface area is 106 Å². The molecule has 104 valence electrons. The Morgan fingerprint density at radius 3 is 1.82 bits per heavy atom. The molecule has 0 aliphatic rings. The zero-order valence-electron chi connectivity index (χ0n) is 12.4. The first-order valence-corrected chi connectivity index (χ1v) is 6.02. The molecule has 0 aliphatic carbocycles. The molecule has 0 rings (SSSR count). The first kappa shape index (κ1) is 24.8. The summed E-state index contributed by atoms with van der Waals surface area (Å²) in [6.07, 6.45) is 2.14. The standard InChI is InChI=1S/C6H11NO3.C3H6.2C2H6/c1-3-5(8)7-4-6(9)10-2;1-3-2;2*1-2/h3-4H2,1-2H3,(H,7,8);3H,1H2,2H3;2*1-2H3. The molecule has 0 unspecified atom stereocenters. The summed E-state index contributed by atoms with van der Waals surface area (Å²) in [4.78, 5) is 20.9. The Bertz CT molecular complexity index is 152. The zero-order chi connectivity index (χ0) is 14.7. The van der Waals surface area contributed by atoms with E-state index in [0.29, 0.717) is 6.42 Å². The number of nitrogens with one attached hydrogen (secondary N) is 1. The van der Waals surface area contributed by atoms with Gasteiger partial charge in [0.05, 0.1) is 7.11 Å². The van der Waals surface area contributed by atoms with Crippen molar-refractivity contribution in [3.63, 3.8) is 0 Å². The number of ether oxygens (including phenoxy) is 1. The van der Waals surface area contributed by atoms with E-state index in [1.807, 2.05) is 34.6 Å². The first-order valence-electron chi connectivity index (χ1n) is 6.02. The minimum Gasteiger partial charge on any atom is -0.468 e. The number of amides is 1. The number of rotatable bonds is 3. The normalized spacial score (nSPS) is 6.53. The fraction of sp³-hybridized carbons (Fsp3) is 0.692. The van der Waals surface area contributed by atoms with Crippen LogP contribution in [-0.2, 0) is 14.3 Å². The molecular weight excluding hydrogens is 218 g/mol. The summed E-state index contributed by atoms with van der Waals surface area (Å²) in [7, 11) is 1.28. The largest absolute Gasteiger partial charge is 0.468 e. The lowest BCUT2D eigenvalue weighted by molar-refractivity contribution is -0.141. The average Bonchev–Trinajstić information content (AvgIpc) is 2.41. The molecule has 0 saturated heterocycles. The van der Waals surface area contributed by atoms with Gasteiger partial charge in [0.1, 0.15) is 6.54 Å². The van der Waals surface area contributed by atoms with Crippen molar-refractivity contribution in [2.45, 2.75) is 48.0 Å². The summed E-state index contributed by atoms with van der Waals surface area (Å²) >= 11 is 0. The van der Waals surface area contributed by atoms with Gasteiger partial charge in [0.25, 0.3) is 0 Å². The highest BCUT2D eigenvalue weighted by Gasteiger charge is 2.00. The Morgan fingerprint density at radius 2 is 1.59 bits per heavy atom. The van der Waals surface area contributed by atoms with Gasteiger partial charge in [-0.1, -0.05) is 40.7 Å². The van der Waals surface area contributed by atoms with Gasteiger partial charge in [-0.25, -0.2) is 0 Å². The SMILES string of the molecule is C=CC.CC.CC.CCC(=O)NCC(=O)OC. The van der Waals surface area contributed by atoms with Crippen LogP contribution >= 0.6 is 0 Å². The molecule has 0 aromatic carbocycles. The van der Waals surface area contributed by atoms with Crippen LogP contribution in [0.25, 0.3) is 0 Å². The quantitative estimate of drug-likeness (QED) is 0.616. The molecule has 4 heteroatoms. The van der Waals surface area contributed by atoms with Crippen LogP contribution in [-0.4, -0.2) is 25.5 Å². The van der Waals surface area contributed by atoms with Crippen LogP contribution in [0.15, 0.2) is 12.7 Å². The second-order valence-corrected chi connectivity index (χ2v) is 2.11. The smallest absolute Gasteiger partial charge is 0.325 e. The molecular formula is C13H29NO3. The van der Waals surface area contributed by atoms with Crippen LogP contribution in [0, 0.1) is 0 Å². The first-order chi connectivity index (χ1) is 8.12. The van der Waals surface area contributed by atoms with E-state index >= 15 is 0 Å². The highest BCUT2D eigenvalue weighted by molar-refractivity contribution is 5.81. The monoisotopic (exact) mass is 247 g/mol. The molecule has 0 bridgehead atoms. The van der Waals surface area contributed by atoms with Gasteiger partial charge < -0.3 is 10.1 Å². The van der Waals surface area contributed by atoms with Gasteiger partial charge in [-0.2, -0.15) is 0 Å². The van der Waals surface area contributed by atoms with Crippen molar-refractivity contribution < 1.29 is 14.3 Å². The number of carbonyl (C=O) groups is 2. The minimum atomic E-state index is -0.429. The lowest BCUT2D eigenvalue weighted by Crippen LogP contribution is -2.29. The number of hydrogen-bond donors (Lipinski definition) is 1. The highest BCUT2D eigenvalue weighted by Crippen LogP contribution is 1.75. The maximum Gasteiger partial charge on any atom is 0.325 e. The van der Waals surface area contributed by atoms with Gasteiger partial charge in [-0.15, -0.1) is 6.58 Å². The van der Waals surface area contributed by atoms with Crippen LogP contribution in [0.2, 0.25) is 0 Å². The summed E-state index contributed by atoms with van der Waals surface area (Å²) in [5, 5.41) is 2.37. The van der Waals surface area contributed by atoms with E-state index in [2.05, 4.69) is 16.6 Å². The summed E-state index contributed by atoms with van der Waals surface area (Å²) in [6.45, 7) is 14.9. The van der Waals surface area contributed by atoms with Crippen LogP contribution in [0.5, 0.6) is 0 Å². The van der Waals surface area contributed by atoms with E-state index in [1.165, 1.54) is 7.11 Å². The summed E-state index contributed by atoms with van der Waals surface area (Å²) in [5.74, 6) is -0.577. The van der Waals surface area contributed by atoms with Gasteiger partial charge in [-0.05, 0) is 6.92 Å². The molecule has 0 atom stereocenters. The second-order valence-electron chi connectivity index (χ2n) is 2.11. The molecule has 0 fully saturated rings. The fourth-order valence-corrected chi connectivity index (χ4v) is 0.368. The summed E-state index contributed by atoms with van der Waals surface area (Å²) in [6, 6.07) is 0. The van der Waals surface area contributed by atoms with Crippen molar-refractivity contribution in [1.29, 1.82) is 0 Å². The van der Waals surface area contributed by atoms with Crippen LogP contribution < -0.4 is 5.32 Å². The Kier molecular flexibility index (Phi) is 42.7. The summed E-state index contributed by atoms with van der Waals surface area (Å²) < 4.78 is 4.29. The maximum atomic E-state index is 10.5. The third kappa shape index (κ3) is 40.0. The molecule has 1 N–H and O–H groups in total. The molecule has 0 aromatic rings. The van der Waals surface area contributed by atoms with Crippen molar-refractivity contribution in [1.82, 2.24) is 5.32 Å². The Hall–Kier alpha value is -1.32. The van der Waals surface area contributed by atoms with Gasteiger partial charge in [0.2, 0.25) is 5.91 Å². The molecule has 4 nitrogen and oxygen atoms in total. The highest BCUT2D eigenvalue weighted by atomic mass is 16.5. The molecule has 0 radical (unpaired) electrons. The van der Waals surface area contributed by atoms with Crippen molar-refractivity contribution in [3.05, 3.63) is 12.7 Å². The van der Waals surface area contributed by atoms with Gasteiger partial charge in [0.15, 0.2) is 0 Å². The number of methoxy groups -OCH3 is 1. The summed E-state index contributed by atoms with van der Waals surface area (Å²) in [5.41, 5.74) is 0. The lowest BCUT2D eigenvalue weighted by Gasteiger charge is -1.99.